The summed E-state index contributed by atoms with van der Waals surface area (Å²) in [5, 5.41) is 15.5. The van der Waals surface area contributed by atoms with E-state index in [1.807, 2.05) is 60.7 Å². The molecule has 4 heteroatoms. The number of carbonyl (C=O) groups excluding carboxylic acids is 1. The van der Waals surface area contributed by atoms with Crippen molar-refractivity contribution in [3.8, 4) is 5.75 Å². The third-order valence-corrected chi connectivity index (χ3v) is 4.98. The SMILES string of the molecule is O=C(Cc1ccccc1F)NC(c1ccccc1)c1c(O)ccc2ccccc12. The van der Waals surface area contributed by atoms with Gasteiger partial charge in [-0.15, -0.1) is 0 Å². The highest BCUT2D eigenvalue weighted by atomic mass is 19.1. The second-order valence-corrected chi connectivity index (χ2v) is 6.90. The molecule has 4 aromatic rings. The standard InChI is InChI=1S/C25H20FNO2/c26-21-13-7-5-11-19(21)16-23(29)27-25(18-9-2-1-3-10-18)24-20-12-6-4-8-17(20)14-15-22(24)28/h1-15,25,28H,16H2,(H,27,29). The number of phenols is 1. The molecule has 0 bridgehead atoms. The lowest BCUT2D eigenvalue weighted by Gasteiger charge is -2.23. The molecule has 0 aliphatic rings. The number of phenolic OH excluding ortho intramolecular Hbond substituents is 1. The smallest absolute Gasteiger partial charge is 0.225 e. The number of nitrogens with one attached hydrogen (secondary N) is 1. The van der Waals surface area contributed by atoms with Crippen LogP contribution in [0.15, 0.2) is 91.0 Å². The molecule has 144 valence electrons. The van der Waals surface area contributed by atoms with E-state index in [-0.39, 0.29) is 18.1 Å². The van der Waals surface area contributed by atoms with Crippen molar-refractivity contribution in [2.45, 2.75) is 12.5 Å². The Kier molecular flexibility index (Phi) is 5.25. The van der Waals surface area contributed by atoms with Gasteiger partial charge in [-0.2, -0.15) is 0 Å². The number of aromatic hydroxyl groups is 1. The Bertz CT molecular complexity index is 1160. The van der Waals surface area contributed by atoms with Crippen LogP contribution in [-0.4, -0.2) is 11.0 Å². The lowest BCUT2D eigenvalue weighted by molar-refractivity contribution is -0.121. The summed E-state index contributed by atoms with van der Waals surface area (Å²) in [7, 11) is 0. The fraction of sp³-hybridized carbons (Fsp3) is 0.0800. The van der Waals surface area contributed by atoms with Crippen molar-refractivity contribution in [3.63, 3.8) is 0 Å². The minimum absolute atomic E-state index is 0.0818. The third kappa shape index (κ3) is 3.97. The molecule has 2 N–H and O–H groups in total. The van der Waals surface area contributed by atoms with Gasteiger partial charge in [-0.3, -0.25) is 4.79 Å². The van der Waals surface area contributed by atoms with Crippen LogP contribution < -0.4 is 5.32 Å². The first kappa shape index (κ1) is 18.7. The molecule has 0 aliphatic heterocycles. The zero-order valence-corrected chi connectivity index (χ0v) is 15.7. The molecular formula is C25H20FNO2. The normalized spacial score (nSPS) is 11.9. The summed E-state index contributed by atoms with van der Waals surface area (Å²) in [6, 6.07) is 26.3. The first-order valence-electron chi connectivity index (χ1n) is 9.42. The maximum atomic E-state index is 14.0. The molecular weight excluding hydrogens is 365 g/mol. The second-order valence-electron chi connectivity index (χ2n) is 6.90. The van der Waals surface area contributed by atoms with E-state index in [9.17, 15) is 14.3 Å². The number of amides is 1. The quantitative estimate of drug-likeness (QED) is 0.500. The molecule has 0 fully saturated rings. The highest BCUT2D eigenvalue weighted by Crippen LogP contribution is 2.35. The predicted octanol–water partition coefficient (Wildman–Crippen LogP) is 5.13. The van der Waals surface area contributed by atoms with Gasteiger partial charge < -0.3 is 10.4 Å². The molecule has 4 rings (SSSR count). The average molecular weight is 385 g/mol. The minimum atomic E-state index is -0.568. The van der Waals surface area contributed by atoms with Crippen molar-refractivity contribution in [3.05, 3.63) is 114 Å². The Morgan fingerprint density at radius 2 is 1.55 bits per heavy atom. The predicted molar refractivity (Wildman–Crippen MR) is 112 cm³/mol. The molecule has 0 heterocycles. The van der Waals surface area contributed by atoms with Crippen LogP contribution >= 0.6 is 0 Å². The van der Waals surface area contributed by atoms with Crippen molar-refractivity contribution >= 4 is 16.7 Å². The van der Waals surface area contributed by atoms with Crippen LogP contribution in [0, 0.1) is 5.82 Å². The molecule has 0 aliphatic carbocycles. The van der Waals surface area contributed by atoms with E-state index < -0.39 is 11.9 Å². The first-order chi connectivity index (χ1) is 14.1. The number of fused-ring (bicyclic) bond motifs is 1. The van der Waals surface area contributed by atoms with Crippen LogP contribution in [0.5, 0.6) is 5.75 Å². The lowest BCUT2D eigenvalue weighted by atomic mass is 9.92. The first-order valence-corrected chi connectivity index (χ1v) is 9.42. The number of carbonyl (C=O) groups is 1. The van der Waals surface area contributed by atoms with Crippen LogP contribution in [0.1, 0.15) is 22.7 Å². The monoisotopic (exact) mass is 385 g/mol. The second kappa shape index (κ2) is 8.15. The number of halogens is 1. The van der Waals surface area contributed by atoms with Gasteiger partial charge >= 0.3 is 0 Å². The largest absolute Gasteiger partial charge is 0.508 e. The van der Waals surface area contributed by atoms with Crippen LogP contribution in [0.2, 0.25) is 0 Å². The minimum Gasteiger partial charge on any atom is -0.508 e. The maximum Gasteiger partial charge on any atom is 0.225 e. The summed E-state index contributed by atoms with van der Waals surface area (Å²) < 4.78 is 14.0. The van der Waals surface area contributed by atoms with Crippen molar-refractivity contribution in [2.75, 3.05) is 0 Å². The van der Waals surface area contributed by atoms with Crippen molar-refractivity contribution < 1.29 is 14.3 Å². The van der Waals surface area contributed by atoms with Crippen molar-refractivity contribution in [2.24, 2.45) is 0 Å². The van der Waals surface area contributed by atoms with Gasteiger partial charge in [-0.05, 0) is 34.0 Å². The molecule has 0 saturated carbocycles. The molecule has 0 radical (unpaired) electrons. The summed E-state index contributed by atoms with van der Waals surface area (Å²) in [6.07, 6.45) is -0.0818. The van der Waals surface area contributed by atoms with Crippen LogP contribution in [-0.2, 0) is 11.2 Å². The Hall–Kier alpha value is -3.66. The highest BCUT2D eigenvalue weighted by molar-refractivity contribution is 5.89. The highest BCUT2D eigenvalue weighted by Gasteiger charge is 2.22. The van der Waals surface area contributed by atoms with E-state index in [4.69, 9.17) is 0 Å². The van der Waals surface area contributed by atoms with Crippen LogP contribution in [0.4, 0.5) is 4.39 Å². The fourth-order valence-corrected chi connectivity index (χ4v) is 3.58. The van der Waals surface area contributed by atoms with E-state index in [2.05, 4.69) is 5.32 Å². The van der Waals surface area contributed by atoms with E-state index in [0.29, 0.717) is 11.1 Å². The summed E-state index contributed by atoms with van der Waals surface area (Å²) in [4.78, 5) is 12.8. The van der Waals surface area contributed by atoms with E-state index >= 15 is 0 Å². The Morgan fingerprint density at radius 1 is 0.862 bits per heavy atom. The van der Waals surface area contributed by atoms with Gasteiger partial charge in [0.25, 0.3) is 0 Å². The van der Waals surface area contributed by atoms with Gasteiger partial charge in [0.05, 0.1) is 12.5 Å². The van der Waals surface area contributed by atoms with Gasteiger partial charge in [-0.1, -0.05) is 78.9 Å². The van der Waals surface area contributed by atoms with Crippen molar-refractivity contribution in [1.82, 2.24) is 5.32 Å². The topological polar surface area (TPSA) is 49.3 Å². The molecule has 1 amide bonds. The maximum absolute atomic E-state index is 14.0. The van der Waals surface area contributed by atoms with Crippen LogP contribution in [0.3, 0.4) is 0 Å². The summed E-state index contributed by atoms with van der Waals surface area (Å²) >= 11 is 0. The summed E-state index contributed by atoms with van der Waals surface area (Å²) in [6.45, 7) is 0. The fourth-order valence-electron chi connectivity index (χ4n) is 3.58. The average Bonchev–Trinajstić information content (AvgIpc) is 2.75. The van der Waals surface area contributed by atoms with Crippen LogP contribution in [0.25, 0.3) is 10.8 Å². The summed E-state index contributed by atoms with van der Waals surface area (Å²) in [5.74, 6) is -0.632. The molecule has 0 aromatic heterocycles. The molecule has 4 aromatic carbocycles. The van der Waals surface area contributed by atoms with E-state index in [1.54, 1.807) is 24.3 Å². The molecule has 29 heavy (non-hydrogen) atoms. The molecule has 0 spiro atoms. The third-order valence-electron chi connectivity index (χ3n) is 4.98. The van der Waals surface area contributed by atoms with Gasteiger partial charge in [0.2, 0.25) is 5.91 Å². The zero-order valence-electron chi connectivity index (χ0n) is 15.7. The van der Waals surface area contributed by atoms with Gasteiger partial charge in [0.1, 0.15) is 11.6 Å². The van der Waals surface area contributed by atoms with Gasteiger partial charge in [0, 0.05) is 5.56 Å². The number of hydrogen-bond donors (Lipinski definition) is 2. The number of benzene rings is 4. The molecule has 1 atom stereocenters. The Morgan fingerprint density at radius 3 is 2.34 bits per heavy atom. The van der Waals surface area contributed by atoms with E-state index in [1.165, 1.54) is 6.07 Å². The number of hydrogen-bond acceptors (Lipinski definition) is 2. The van der Waals surface area contributed by atoms with E-state index in [0.717, 1.165) is 16.3 Å². The Balaban J connectivity index is 1.75. The van der Waals surface area contributed by atoms with Crippen molar-refractivity contribution in [1.29, 1.82) is 0 Å². The molecule has 0 saturated heterocycles. The van der Waals surface area contributed by atoms with Gasteiger partial charge in [-0.25, -0.2) is 4.39 Å². The zero-order chi connectivity index (χ0) is 20.2. The number of rotatable bonds is 5. The van der Waals surface area contributed by atoms with Gasteiger partial charge in [0.15, 0.2) is 0 Å². The molecule has 1 unspecified atom stereocenters. The lowest BCUT2D eigenvalue weighted by Crippen LogP contribution is -2.31. The summed E-state index contributed by atoms with van der Waals surface area (Å²) in [5.41, 5.74) is 1.79. The Labute approximate surface area is 168 Å². The molecule has 3 nitrogen and oxygen atoms in total.